The minimum absolute atomic E-state index is 0.413. The second kappa shape index (κ2) is 8.16. The highest BCUT2D eigenvalue weighted by Gasteiger charge is 2.41. The Morgan fingerprint density at radius 1 is 0.692 bits per heavy atom. The lowest BCUT2D eigenvalue weighted by molar-refractivity contribution is 0.765. The molecule has 0 bridgehead atoms. The summed E-state index contributed by atoms with van der Waals surface area (Å²) in [5, 5.41) is 3.99. The molecule has 0 fully saturated rings. The Balaban J connectivity index is 1.81. The lowest BCUT2D eigenvalue weighted by Crippen LogP contribution is -2.14. The van der Waals surface area contributed by atoms with E-state index in [1.54, 1.807) is 0 Å². The molecule has 1 nitrogen and oxygen atoms in total. The zero-order chi connectivity index (χ0) is 17.8. The van der Waals surface area contributed by atoms with Gasteiger partial charge in [0.15, 0.2) is 0 Å². The fraction of sp³-hybridized carbons (Fsp3) is 0.250. The summed E-state index contributed by atoms with van der Waals surface area (Å²) in [6, 6.07) is 31.2. The number of hydrogen-bond acceptors (Lipinski definition) is 1. The largest absolute Gasteiger partial charge is 0.294 e. The topological polar surface area (TPSA) is 12.0 Å². The average Bonchev–Trinajstić information content (AvgIpc) is 3.03. The molecule has 0 saturated carbocycles. The average molecular weight is 359 g/mol. The Morgan fingerprint density at radius 3 is 1.62 bits per heavy atom. The second-order valence-electron chi connectivity index (χ2n) is 6.92. The van der Waals surface area contributed by atoms with Crippen LogP contribution in [-0.2, 0) is 0 Å². The van der Waals surface area contributed by atoms with Gasteiger partial charge in [-0.05, 0) is 43.3 Å². The van der Waals surface area contributed by atoms with Crippen LogP contribution in [0.2, 0.25) is 0 Å². The van der Waals surface area contributed by atoms with Crippen LogP contribution in [0, 0.1) is 0 Å². The third-order valence-corrected chi connectivity index (χ3v) is 8.05. The van der Waals surface area contributed by atoms with Gasteiger partial charge in [0.1, 0.15) is 0 Å². The molecule has 1 heterocycles. The Bertz CT molecular complexity index is 765. The monoisotopic (exact) mass is 359 g/mol. The van der Waals surface area contributed by atoms with Crippen molar-refractivity contribution in [1.29, 1.82) is 0 Å². The highest BCUT2D eigenvalue weighted by Crippen LogP contribution is 2.69. The summed E-state index contributed by atoms with van der Waals surface area (Å²) in [6.07, 6.45) is 2.47. The van der Waals surface area contributed by atoms with Crippen molar-refractivity contribution in [2.24, 2.45) is 0 Å². The van der Waals surface area contributed by atoms with Crippen LogP contribution in [0.1, 0.15) is 53.3 Å². The predicted molar refractivity (Wildman–Crippen MR) is 113 cm³/mol. The quantitative estimate of drug-likeness (QED) is 0.383. The lowest BCUT2D eigenvalue weighted by atomic mass is 9.95. The summed E-state index contributed by atoms with van der Waals surface area (Å²) in [7, 11) is -0.413. The predicted octanol–water partition coefficient (Wildman–Crippen LogP) is 6.67. The number of unbranched alkanes of at least 4 members (excludes halogenated alkanes) is 1. The molecule has 0 spiro atoms. The van der Waals surface area contributed by atoms with Crippen molar-refractivity contribution < 1.29 is 0 Å². The fourth-order valence-electron chi connectivity index (χ4n) is 3.98. The van der Waals surface area contributed by atoms with Gasteiger partial charge in [0.25, 0.3) is 0 Å². The Hall–Kier alpha value is -1.95. The summed E-state index contributed by atoms with van der Waals surface area (Å²) in [6.45, 7) is 3.37. The van der Waals surface area contributed by atoms with Crippen LogP contribution in [0.15, 0.2) is 84.9 Å². The summed E-state index contributed by atoms with van der Waals surface area (Å²) < 4.78 is 0. The van der Waals surface area contributed by atoms with E-state index in [1.807, 2.05) is 0 Å². The van der Waals surface area contributed by atoms with Crippen molar-refractivity contribution in [3.63, 3.8) is 0 Å². The third-order valence-electron chi connectivity index (χ3n) is 5.20. The van der Waals surface area contributed by atoms with Crippen molar-refractivity contribution in [3.8, 4) is 0 Å². The van der Waals surface area contributed by atoms with Gasteiger partial charge in [-0.1, -0.05) is 98.3 Å². The summed E-state index contributed by atoms with van der Waals surface area (Å²) in [5.74, 6) is 0. The van der Waals surface area contributed by atoms with Crippen molar-refractivity contribution in [3.05, 3.63) is 107 Å². The van der Waals surface area contributed by atoms with Crippen LogP contribution in [-0.4, -0.2) is 6.54 Å². The zero-order valence-electron chi connectivity index (χ0n) is 15.3. The van der Waals surface area contributed by atoms with Gasteiger partial charge in [0.2, 0.25) is 0 Å². The molecule has 4 rings (SSSR count). The molecule has 0 aromatic heterocycles. The van der Waals surface area contributed by atoms with E-state index in [1.165, 1.54) is 35.1 Å². The number of fused-ring (bicyclic) bond motifs is 1. The maximum Gasteiger partial charge on any atom is 0.0433 e. The van der Waals surface area contributed by atoms with E-state index >= 15 is 0 Å². The molecule has 1 aliphatic heterocycles. The van der Waals surface area contributed by atoms with E-state index in [0.29, 0.717) is 11.3 Å². The molecule has 1 aliphatic rings. The number of rotatable bonds is 6. The molecule has 3 aromatic carbocycles. The molecule has 26 heavy (non-hydrogen) atoms. The number of benzene rings is 3. The molecule has 0 radical (unpaired) electrons. The van der Waals surface area contributed by atoms with Gasteiger partial charge in [0.05, 0.1) is 0 Å². The minimum atomic E-state index is -0.413. The second-order valence-corrected chi connectivity index (χ2v) is 9.09. The van der Waals surface area contributed by atoms with Crippen molar-refractivity contribution in [2.45, 2.75) is 31.1 Å². The molecule has 2 atom stereocenters. The summed E-state index contributed by atoms with van der Waals surface area (Å²) in [5.41, 5.74) is 6.81. The zero-order valence-corrected chi connectivity index (χ0v) is 16.2. The van der Waals surface area contributed by atoms with Crippen molar-refractivity contribution in [2.75, 3.05) is 6.54 Å². The Labute approximate surface area is 158 Å². The van der Waals surface area contributed by atoms with Gasteiger partial charge in [-0.15, -0.1) is 0 Å². The SMILES string of the molecule is CCCCNP1[C@H](c2ccccc2)c2ccccc2[C@H]1c1ccccc1. The molecular formula is C24H26NP. The van der Waals surface area contributed by atoms with E-state index in [2.05, 4.69) is 96.9 Å². The van der Waals surface area contributed by atoms with Gasteiger partial charge >= 0.3 is 0 Å². The standard InChI is InChI=1S/C24H26NP/c1-2-3-18-25-26-23(19-12-6-4-7-13-19)21-16-10-11-17-22(21)24(26)20-14-8-5-9-15-20/h4-17,23-25H,2-3,18H2,1H3/t23-,24-/m1/s1. The van der Waals surface area contributed by atoms with Gasteiger partial charge in [-0.2, -0.15) is 0 Å². The minimum Gasteiger partial charge on any atom is -0.294 e. The van der Waals surface area contributed by atoms with E-state index in [9.17, 15) is 0 Å². The highest BCUT2D eigenvalue weighted by molar-refractivity contribution is 7.57. The molecule has 0 saturated heterocycles. The van der Waals surface area contributed by atoms with E-state index in [4.69, 9.17) is 0 Å². The van der Waals surface area contributed by atoms with Crippen LogP contribution in [0.4, 0.5) is 0 Å². The first-order valence-corrected chi connectivity index (χ1v) is 11.1. The lowest BCUT2D eigenvalue weighted by Gasteiger charge is -2.28. The van der Waals surface area contributed by atoms with Crippen LogP contribution >= 0.6 is 8.07 Å². The molecule has 0 amide bonds. The third kappa shape index (κ3) is 3.34. The first kappa shape index (κ1) is 17.5. The van der Waals surface area contributed by atoms with Crippen molar-refractivity contribution >= 4 is 8.07 Å². The normalized spacial score (nSPS) is 19.4. The smallest absolute Gasteiger partial charge is 0.0433 e. The van der Waals surface area contributed by atoms with Gasteiger partial charge in [-0.3, -0.25) is 5.09 Å². The maximum atomic E-state index is 3.99. The Morgan fingerprint density at radius 2 is 1.15 bits per heavy atom. The van der Waals surface area contributed by atoms with Crippen LogP contribution in [0.3, 0.4) is 0 Å². The van der Waals surface area contributed by atoms with Crippen LogP contribution in [0.5, 0.6) is 0 Å². The molecule has 1 N–H and O–H groups in total. The molecule has 132 valence electrons. The van der Waals surface area contributed by atoms with Crippen LogP contribution < -0.4 is 5.09 Å². The molecule has 3 aromatic rings. The van der Waals surface area contributed by atoms with E-state index < -0.39 is 8.07 Å². The highest BCUT2D eigenvalue weighted by atomic mass is 31.1. The molecule has 2 heteroatoms. The summed E-state index contributed by atoms with van der Waals surface area (Å²) in [4.78, 5) is 0. The Kier molecular flexibility index (Phi) is 5.48. The van der Waals surface area contributed by atoms with Gasteiger partial charge in [0, 0.05) is 11.3 Å². The van der Waals surface area contributed by atoms with E-state index in [0.717, 1.165) is 6.54 Å². The first-order chi connectivity index (χ1) is 12.9. The molecular weight excluding hydrogens is 333 g/mol. The van der Waals surface area contributed by atoms with Crippen LogP contribution in [0.25, 0.3) is 0 Å². The van der Waals surface area contributed by atoms with Crippen molar-refractivity contribution in [1.82, 2.24) is 5.09 Å². The molecule has 0 unspecified atom stereocenters. The maximum absolute atomic E-state index is 3.99. The van der Waals surface area contributed by atoms with E-state index in [-0.39, 0.29) is 0 Å². The summed E-state index contributed by atoms with van der Waals surface area (Å²) >= 11 is 0. The first-order valence-electron chi connectivity index (χ1n) is 9.60. The molecule has 0 aliphatic carbocycles. The number of nitrogens with one attached hydrogen (secondary N) is 1. The fourth-order valence-corrected chi connectivity index (χ4v) is 7.11. The van der Waals surface area contributed by atoms with Gasteiger partial charge in [-0.25, -0.2) is 0 Å². The number of hydrogen-bond donors (Lipinski definition) is 1. The van der Waals surface area contributed by atoms with Gasteiger partial charge < -0.3 is 0 Å².